The molecule has 0 saturated carbocycles. The van der Waals surface area contributed by atoms with E-state index in [9.17, 15) is 9.59 Å². The Kier molecular flexibility index (Phi) is 5.46. The summed E-state index contributed by atoms with van der Waals surface area (Å²) in [7, 11) is 3.53. The van der Waals surface area contributed by atoms with Gasteiger partial charge in [0.05, 0.1) is 11.9 Å². The average Bonchev–Trinajstić information content (AvgIpc) is 3.24. The van der Waals surface area contributed by atoms with Gasteiger partial charge in [-0.1, -0.05) is 0 Å². The van der Waals surface area contributed by atoms with Crippen LogP contribution in [-0.4, -0.2) is 60.9 Å². The molecule has 0 aromatic carbocycles. The molecule has 0 radical (unpaired) electrons. The monoisotopic (exact) mass is 409 g/mol. The second-order valence-corrected chi connectivity index (χ2v) is 7.09. The van der Waals surface area contributed by atoms with Crippen molar-refractivity contribution in [2.75, 3.05) is 19.6 Å². The second-order valence-electron chi connectivity index (χ2n) is 7.09. The number of amides is 2. The van der Waals surface area contributed by atoms with Crippen LogP contribution in [0.3, 0.4) is 0 Å². The summed E-state index contributed by atoms with van der Waals surface area (Å²) < 4.78 is 8.66. The molecule has 0 atom stereocenters. The van der Waals surface area contributed by atoms with E-state index < -0.39 is 6.09 Å². The first-order valence-electron chi connectivity index (χ1n) is 9.72. The Hall–Kier alpha value is -3.69. The van der Waals surface area contributed by atoms with Crippen molar-refractivity contribution < 1.29 is 14.3 Å². The summed E-state index contributed by atoms with van der Waals surface area (Å²) >= 11 is 0. The number of hydrogen-bond acceptors (Lipinski definition) is 6. The van der Waals surface area contributed by atoms with Gasteiger partial charge in [-0.15, -0.1) is 0 Å². The van der Waals surface area contributed by atoms with E-state index in [1.807, 2.05) is 29.9 Å². The molecule has 2 amide bonds. The summed E-state index contributed by atoms with van der Waals surface area (Å²) in [6.07, 6.45) is 7.70. The normalized spacial score (nSPS) is 13.1. The minimum absolute atomic E-state index is 0.139. The van der Waals surface area contributed by atoms with E-state index in [-0.39, 0.29) is 17.4 Å². The Labute approximate surface area is 173 Å². The zero-order valence-corrected chi connectivity index (χ0v) is 16.9. The number of aromatic nitrogens is 5. The second kappa shape index (κ2) is 8.36. The fourth-order valence-electron chi connectivity index (χ4n) is 3.17. The number of nitrogens with one attached hydrogen (secondary N) is 1. The average molecular weight is 409 g/mol. The summed E-state index contributed by atoms with van der Waals surface area (Å²) in [6, 6.07) is 3.81. The topological polar surface area (TPSA) is 107 Å². The number of pyridine rings is 1. The summed E-state index contributed by atoms with van der Waals surface area (Å²) in [5.41, 5.74) is 2.05. The number of carbonyl (C=O) groups excluding carboxylic acids is 2. The van der Waals surface area contributed by atoms with Gasteiger partial charge in [-0.2, -0.15) is 5.10 Å². The van der Waals surface area contributed by atoms with E-state index in [0.717, 1.165) is 23.5 Å². The number of likely N-dealkylation sites (tertiary alicyclic amines) is 1. The lowest BCUT2D eigenvalue weighted by atomic mass is 10.2. The molecule has 1 fully saturated rings. The maximum absolute atomic E-state index is 12.4. The summed E-state index contributed by atoms with van der Waals surface area (Å²) in [6.45, 7) is 1.76. The van der Waals surface area contributed by atoms with Gasteiger partial charge in [0.25, 0.3) is 5.91 Å². The van der Waals surface area contributed by atoms with Crippen molar-refractivity contribution in [1.29, 1.82) is 0 Å². The lowest BCUT2D eigenvalue weighted by Gasteiger charge is -2.30. The van der Waals surface area contributed by atoms with Crippen LogP contribution in [0.25, 0.3) is 11.3 Å². The number of imidazole rings is 1. The summed E-state index contributed by atoms with van der Waals surface area (Å²) in [5, 5.41) is 6.75. The molecule has 1 N–H and O–H groups in total. The van der Waals surface area contributed by atoms with Crippen LogP contribution in [0.4, 0.5) is 4.79 Å². The van der Waals surface area contributed by atoms with Crippen LogP contribution in [0.1, 0.15) is 22.6 Å². The van der Waals surface area contributed by atoms with Gasteiger partial charge >= 0.3 is 6.09 Å². The molecular formula is C20H23N7O3. The third-order valence-electron chi connectivity index (χ3n) is 5.00. The number of ether oxygens (including phenoxy) is 1. The Morgan fingerprint density at radius 3 is 2.77 bits per heavy atom. The fraction of sp³-hybridized carbons (Fsp3) is 0.350. The first kappa shape index (κ1) is 19.6. The van der Waals surface area contributed by atoms with E-state index in [1.54, 1.807) is 24.3 Å². The highest BCUT2D eigenvalue weighted by atomic mass is 16.6. The number of aryl methyl sites for hydroxylation is 2. The van der Waals surface area contributed by atoms with Crippen molar-refractivity contribution in [2.45, 2.75) is 12.8 Å². The standard InChI is InChI=1S/C20H23N7O3/c1-25-13-16(14-5-3-7-21-11-14)24-17(25)6-8-22-20(29)30-19-15(12-23-26(19)2)18(28)27-9-4-10-27/h3,5,7,11-13H,4,6,8-10H2,1-2H3,(H,22,29). The van der Waals surface area contributed by atoms with Gasteiger partial charge < -0.3 is 19.5 Å². The van der Waals surface area contributed by atoms with Crippen LogP contribution < -0.4 is 10.1 Å². The molecule has 3 aromatic heterocycles. The van der Waals surface area contributed by atoms with Crippen LogP contribution >= 0.6 is 0 Å². The van der Waals surface area contributed by atoms with Crippen LogP contribution in [0.2, 0.25) is 0 Å². The van der Waals surface area contributed by atoms with E-state index in [2.05, 4.69) is 20.4 Å². The zero-order valence-electron chi connectivity index (χ0n) is 16.9. The molecule has 1 saturated heterocycles. The van der Waals surface area contributed by atoms with Crippen molar-refractivity contribution in [2.24, 2.45) is 14.1 Å². The Balaban J connectivity index is 1.34. The molecular weight excluding hydrogens is 386 g/mol. The fourth-order valence-corrected chi connectivity index (χ4v) is 3.17. The van der Waals surface area contributed by atoms with Gasteiger partial charge in [0.15, 0.2) is 0 Å². The molecule has 1 aliphatic rings. The van der Waals surface area contributed by atoms with Crippen LogP contribution in [0, 0.1) is 0 Å². The molecule has 0 unspecified atom stereocenters. The molecule has 4 rings (SSSR count). The van der Waals surface area contributed by atoms with Crippen molar-refractivity contribution in [3.8, 4) is 17.1 Å². The smallest absolute Gasteiger partial charge is 0.391 e. The SMILES string of the molecule is Cn1cc(-c2cccnc2)nc1CCNC(=O)Oc1c(C(=O)N2CCC2)cnn1C. The van der Waals surface area contributed by atoms with Crippen LogP contribution in [-0.2, 0) is 20.5 Å². The van der Waals surface area contributed by atoms with E-state index in [1.165, 1.54) is 10.9 Å². The molecule has 0 aliphatic carbocycles. The van der Waals surface area contributed by atoms with E-state index >= 15 is 0 Å². The largest absolute Gasteiger partial charge is 0.413 e. The zero-order chi connectivity index (χ0) is 21.1. The Morgan fingerprint density at radius 2 is 2.07 bits per heavy atom. The van der Waals surface area contributed by atoms with E-state index in [0.29, 0.717) is 26.1 Å². The highest BCUT2D eigenvalue weighted by Crippen LogP contribution is 2.22. The van der Waals surface area contributed by atoms with E-state index in [4.69, 9.17) is 4.74 Å². The first-order valence-corrected chi connectivity index (χ1v) is 9.72. The van der Waals surface area contributed by atoms with Crippen molar-refractivity contribution in [1.82, 2.24) is 34.5 Å². The highest BCUT2D eigenvalue weighted by molar-refractivity contribution is 5.97. The predicted octanol–water partition coefficient (Wildman–Crippen LogP) is 1.39. The first-order chi connectivity index (χ1) is 14.5. The number of hydrogen-bond donors (Lipinski definition) is 1. The molecule has 4 heterocycles. The third-order valence-corrected chi connectivity index (χ3v) is 5.00. The van der Waals surface area contributed by atoms with Crippen molar-refractivity contribution in [3.05, 3.63) is 48.3 Å². The lowest BCUT2D eigenvalue weighted by molar-refractivity contribution is 0.0648. The van der Waals surface area contributed by atoms with Gasteiger partial charge in [0.2, 0.25) is 5.88 Å². The predicted molar refractivity (Wildman–Crippen MR) is 108 cm³/mol. The molecule has 10 nitrogen and oxygen atoms in total. The number of nitrogens with zero attached hydrogens (tertiary/aromatic N) is 6. The number of rotatable bonds is 6. The third kappa shape index (κ3) is 4.02. The number of carbonyl (C=O) groups is 2. The summed E-state index contributed by atoms with van der Waals surface area (Å²) in [4.78, 5) is 35.1. The molecule has 156 valence electrons. The molecule has 3 aromatic rings. The lowest BCUT2D eigenvalue weighted by Crippen LogP contribution is -2.42. The van der Waals surface area contributed by atoms with Crippen molar-refractivity contribution in [3.63, 3.8) is 0 Å². The Bertz CT molecular complexity index is 1050. The molecule has 0 bridgehead atoms. The quantitative estimate of drug-likeness (QED) is 0.659. The van der Waals surface area contributed by atoms with Crippen LogP contribution in [0.15, 0.2) is 36.9 Å². The minimum Gasteiger partial charge on any atom is -0.391 e. The molecule has 10 heteroatoms. The molecule has 1 aliphatic heterocycles. The van der Waals surface area contributed by atoms with Gasteiger partial charge in [-0.25, -0.2) is 14.5 Å². The Morgan fingerprint density at radius 1 is 1.23 bits per heavy atom. The van der Waals surface area contributed by atoms with Gasteiger partial charge in [0, 0.05) is 64.3 Å². The maximum atomic E-state index is 12.4. The van der Waals surface area contributed by atoms with Crippen LogP contribution in [0.5, 0.6) is 5.88 Å². The van der Waals surface area contributed by atoms with Gasteiger partial charge in [-0.05, 0) is 18.6 Å². The minimum atomic E-state index is -0.641. The molecule has 0 spiro atoms. The highest BCUT2D eigenvalue weighted by Gasteiger charge is 2.27. The van der Waals surface area contributed by atoms with Gasteiger partial charge in [0.1, 0.15) is 11.4 Å². The maximum Gasteiger partial charge on any atom is 0.413 e. The van der Waals surface area contributed by atoms with Crippen molar-refractivity contribution >= 4 is 12.0 Å². The van der Waals surface area contributed by atoms with Gasteiger partial charge in [-0.3, -0.25) is 9.78 Å². The summed E-state index contributed by atoms with van der Waals surface area (Å²) in [5.74, 6) is 0.789. The molecule has 30 heavy (non-hydrogen) atoms.